The molecule has 0 fully saturated rings. The monoisotopic (exact) mass is 297 g/mol. The highest BCUT2D eigenvalue weighted by Crippen LogP contribution is 2.46. The number of nitrogens with one attached hydrogen (secondary N) is 1. The average Bonchev–Trinajstić information content (AvgIpc) is 2.24. The van der Waals surface area contributed by atoms with Gasteiger partial charge in [-0.25, -0.2) is 9.65 Å². The zero-order chi connectivity index (χ0) is 12.9. The summed E-state index contributed by atoms with van der Waals surface area (Å²) in [5.41, 5.74) is 0. The molecule has 96 valence electrons. The number of halogens is 2. The van der Waals surface area contributed by atoms with Crippen molar-refractivity contribution in [1.29, 1.82) is 0 Å². The van der Waals surface area contributed by atoms with Gasteiger partial charge in [-0.1, -0.05) is 30.1 Å². The van der Waals surface area contributed by atoms with Crippen LogP contribution in [0, 0.1) is 0 Å². The standard InChI is InChI=1S/C10H14Cl2NO3P/c1-3-13-17(14,15-4-2)16-10-7-8(11)5-6-9(10)12/h5-7H,3-4H2,1-2H3,(H,13,14). The van der Waals surface area contributed by atoms with Crippen molar-refractivity contribution in [3.8, 4) is 5.75 Å². The van der Waals surface area contributed by atoms with E-state index in [4.69, 9.17) is 32.2 Å². The minimum Gasteiger partial charge on any atom is -0.412 e. The molecule has 0 aliphatic heterocycles. The number of hydrogen-bond acceptors (Lipinski definition) is 3. The molecule has 0 bridgehead atoms. The highest BCUT2D eigenvalue weighted by molar-refractivity contribution is 7.52. The van der Waals surface area contributed by atoms with Crippen molar-refractivity contribution in [1.82, 2.24) is 5.09 Å². The number of rotatable bonds is 6. The molecule has 1 aromatic rings. The van der Waals surface area contributed by atoms with Gasteiger partial charge in [-0.05, 0) is 19.1 Å². The first-order valence-corrected chi connectivity index (χ1v) is 7.45. The Labute approximate surface area is 111 Å². The van der Waals surface area contributed by atoms with Crippen molar-refractivity contribution in [2.24, 2.45) is 0 Å². The molecule has 0 radical (unpaired) electrons. The lowest BCUT2D eigenvalue weighted by atomic mass is 10.3. The molecule has 0 aromatic heterocycles. The van der Waals surface area contributed by atoms with Gasteiger partial charge in [-0.2, -0.15) is 0 Å². The number of hydrogen-bond donors (Lipinski definition) is 1. The van der Waals surface area contributed by atoms with E-state index in [1.54, 1.807) is 26.0 Å². The van der Waals surface area contributed by atoms with Crippen molar-refractivity contribution >= 4 is 30.9 Å². The van der Waals surface area contributed by atoms with Crippen LogP contribution in [0.2, 0.25) is 10.0 Å². The second-order valence-corrected chi connectivity index (χ2v) is 5.69. The first kappa shape index (κ1) is 14.8. The molecule has 4 nitrogen and oxygen atoms in total. The average molecular weight is 298 g/mol. The van der Waals surface area contributed by atoms with Crippen molar-refractivity contribution < 1.29 is 13.6 Å². The maximum Gasteiger partial charge on any atom is 0.458 e. The first-order valence-electron chi connectivity index (χ1n) is 5.15. The molecule has 0 saturated carbocycles. The van der Waals surface area contributed by atoms with E-state index in [2.05, 4.69) is 5.09 Å². The van der Waals surface area contributed by atoms with Crippen LogP contribution >= 0.6 is 30.9 Å². The smallest absolute Gasteiger partial charge is 0.412 e. The Kier molecular flexibility index (Phi) is 5.77. The van der Waals surface area contributed by atoms with E-state index in [1.807, 2.05) is 0 Å². The van der Waals surface area contributed by atoms with Gasteiger partial charge >= 0.3 is 7.75 Å². The van der Waals surface area contributed by atoms with Gasteiger partial charge in [0, 0.05) is 17.6 Å². The van der Waals surface area contributed by atoms with Gasteiger partial charge in [-0.15, -0.1) is 0 Å². The minimum atomic E-state index is -3.38. The summed E-state index contributed by atoms with van der Waals surface area (Å²) in [5, 5.41) is 3.44. The van der Waals surface area contributed by atoms with Crippen LogP contribution in [0.3, 0.4) is 0 Å². The summed E-state index contributed by atoms with van der Waals surface area (Å²) in [4.78, 5) is 0. The molecule has 7 heteroatoms. The summed E-state index contributed by atoms with van der Waals surface area (Å²) in [6.07, 6.45) is 0. The topological polar surface area (TPSA) is 47.6 Å². The van der Waals surface area contributed by atoms with E-state index in [0.717, 1.165) is 0 Å². The molecule has 0 aliphatic rings. The zero-order valence-electron chi connectivity index (χ0n) is 9.57. The Hall–Kier alpha value is -0.250. The third-order valence-electron chi connectivity index (χ3n) is 1.76. The lowest BCUT2D eigenvalue weighted by molar-refractivity contribution is 0.270. The molecule has 1 N–H and O–H groups in total. The van der Waals surface area contributed by atoms with Gasteiger partial charge < -0.3 is 4.52 Å². The Bertz CT molecular complexity index is 418. The van der Waals surface area contributed by atoms with E-state index >= 15 is 0 Å². The predicted molar refractivity (Wildman–Crippen MR) is 70.0 cm³/mol. The summed E-state index contributed by atoms with van der Waals surface area (Å²) in [6.45, 7) is 4.25. The molecule has 1 aromatic carbocycles. The summed E-state index contributed by atoms with van der Waals surface area (Å²) in [5.74, 6) is 0.233. The third kappa shape index (κ3) is 4.49. The van der Waals surface area contributed by atoms with Crippen LogP contribution < -0.4 is 9.61 Å². The Morgan fingerprint density at radius 1 is 1.35 bits per heavy atom. The lowest BCUT2D eigenvalue weighted by Gasteiger charge is -2.19. The fourth-order valence-electron chi connectivity index (χ4n) is 1.14. The molecule has 0 spiro atoms. The minimum absolute atomic E-state index is 0.233. The lowest BCUT2D eigenvalue weighted by Crippen LogP contribution is -2.16. The molecular formula is C10H14Cl2NO3P. The predicted octanol–water partition coefficient (Wildman–Crippen LogP) is 4.13. The van der Waals surface area contributed by atoms with Crippen molar-refractivity contribution in [2.75, 3.05) is 13.2 Å². The zero-order valence-corrected chi connectivity index (χ0v) is 12.0. The molecule has 1 rings (SSSR count). The van der Waals surface area contributed by atoms with Crippen molar-refractivity contribution in [3.63, 3.8) is 0 Å². The summed E-state index contributed by atoms with van der Waals surface area (Å²) in [7, 11) is -3.38. The molecule has 0 amide bonds. The van der Waals surface area contributed by atoms with Gasteiger partial charge in [0.1, 0.15) is 0 Å². The molecule has 0 heterocycles. The van der Waals surface area contributed by atoms with Crippen LogP contribution in [-0.2, 0) is 9.09 Å². The van der Waals surface area contributed by atoms with Crippen LogP contribution in [0.5, 0.6) is 5.75 Å². The van der Waals surface area contributed by atoms with Gasteiger partial charge in [0.2, 0.25) is 0 Å². The second-order valence-electron chi connectivity index (χ2n) is 3.09. The van der Waals surface area contributed by atoms with Gasteiger partial charge in [0.05, 0.1) is 11.6 Å². The summed E-state index contributed by atoms with van der Waals surface area (Å²) in [6, 6.07) is 4.68. The number of benzene rings is 1. The van der Waals surface area contributed by atoms with Crippen LogP contribution in [-0.4, -0.2) is 13.2 Å². The Morgan fingerprint density at radius 3 is 2.65 bits per heavy atom. The largest absolute Gasteiger partial charge is 0.458 e. The molecular weight excluding hydrogens is 284 g/mol. The van der Waals surface area contributed by atoms with Crippen LogP contribution in [0.4, 0.5) is 0 Å². The quantitative estimate of drug-likeness (QED) is 0.802. The van der Waals surface area contributed by atoms with Crippen LogP contribution in [0.25, 0.3) is 0 Å². The van der Waals surface area contributed by atoms with Crippen molar-refractivity contribution in [2.45, 2.75) is 13.8 Å². The van der Waals surface area contributed by atoms with Crippen LogP contribution in [0.1, 0.15) is 13.8 Å². The molecule has 1 atom stereocenters. The fourth-order valence-corrected chi connectivity index (χ4v) is 2.86. The summed E-state index contributed by atoms with van der Waals surface area (Å²) >= 11 is 11.7. The SMILES string of the molecule is CCNP(=O)(OCC)Oc1cc(Cl)ccc1Cl. The van der Waals surface area contributed by atoms with E-state index in [-0.39, 0.29) is 12.4 Å². The molecule has 0 aliphatic carbocycles. The van der Waals surface area contributed by atoms with Gasteiger partial charge in [0.15, 0.2) is 5.75 Å². The second kappa shape index (κ2) is 6.62. The van der Waals surface area contributed by atoms with Crippen LogP contribution in [0.15, 0.2) is 18.2 Å². The molecule has 1 unspecified atom stereocenters. The van der Waals surface area contributed by atoms with E-state index < -0.39 is 7.75 Å². The highest BCUT2D eigenvalue weighted by atomic mass is 35.5. The third-order valence-corrected chi connectivity index (χ3v) is 4.05. The highest BCUT2D eigenvalue weighted by Gasteiger charge is 2.25. The van der Waals surface area contributed by atoms with Gasteiger partial charge in [0.25, 0.3) is 0 Å². The van der Waals surface area contributed by atoms with E-state index in [9.17, 15) is 4.57 Å². The fraction of sp³-hybridized carbons (Fsp3) is 0.400. The Morgan fingerprint density at radius 2 is 2.06 bits per heavy atom. The van der Waals surface area contributed by atoms with Crippen molar-refractivity contribution in [3.05, 3.63) is 28.2 Å². The normalized spacial score (nSPS) is 14.4. The first-order chi connectivity index (χ1) is 8.00. The maximum absolute atomic E-state index is 12.2. The van der Waals surface area contributed by atoms with E-state index in [1.165, 1.54) is 6.07 Å². The molecule has 0 saturated heterocycles. The maximum atomic E-state index is 12.2. The summed E-state index contributed by atoms with van der Waals surface area (Å²) < 4.78 is 22.6. The Balaban J connectivity index is 2.93. The van der Waals surface area contributed by atoms with Gasteiger partial charge in [-0.3, -0.25) is 4.52 Å². The molecule has 17 heavy (non-hydrogen) atoms. The van der Waals surface area contributed by atoms with E-state index in [0.29, 0.717) is 16.6 Å².